The average Bonchev–Trinajstić information content (AvgIpc) is 3.09. The number of furan rings is 1. The Morgan fingerprint density at radius 3 is 2.17 bits per heavy atom. The largest absolute Gasteiger partial charge is 0.476 e. The lowest BCUT2D eigenvalue weighted by molar-refractivity contribution is 0.303. The van der Waals surface area contributed by atoms with E-state index < -0.39 is 16.1 Å². The van der Waals surface area contributed by atoms with Crippen molar-refractivity contribution in [2.75, 3.05) is 31.1 Å². The van der Waals surface area contributed by atoms with Crippen molar-refractivity contribution in [1.82, 2.24) is 4.90 Å². The van der Waals surface area contributed by atoms with Crippen LogP contribution in [0.5, 0.6) is 0 Å². The SMILES string of the molecule is CC[Si](CC)(CC)c1ccc([Si](C)(C)CCCN2CCSCC2)o1. The van der Waals surface area contributed by atoms with Crippen molar-refractivity contribution in [3.05, 3.63) is 12.1 Å². The molecule has 1 fully saturated rings. The van der Waals surface area contributed by atoms with Gasteiger partial charge in [0, 0.05) is 24.6 Å². The van der Waals surface area contributed by atoms with E-state index in [4.69, 9.17) is 4.42 Å². The Labute approximate surface area is 155 Å². The molecule has 1 aromatic rings. The van der Waals surface area contributed by atoms with Crippen LogP contribution in [0.25, 0.3) is 0 Å². The van der Waals surface area contributed by atoms with Gasteiger partial charge in [0.25, 0.3) is 0 Å². The van der Waals surface area contributed by atoms with Gasteiger partial charge in [0.2, 0.25) is 0 Å². The molecule has 1 saturated heterocycles. The lowest BCUT2D eigenvalue weighted by atomic mass is 10.4. The summed E-state index contributed by atoms with van der Waals surface area (Å²) in [6, 6.07) is 9.95. The van der Waals surface area contributed by atoms with Crippen LogP contribution in [0.4, 0.5) is 0 Å². The van der Waals surface area contributed by atoms with E-state index in [-0.39, 0.29) is 0 Å². The van der Waals surface area contributed by atoms with Crippen molar-refractivity contribution in [3.63, 3.8) is 0 Å². The molecule has 5 heteroatoms. The van der Waals surface area contributed by atoms with E-state index in [2.05, 4.69) is 62.7 Å². The topological polar surface area (TPSA) is 16.4 Å². The summed E-state index contributed by atoms with van der Waals surface area (Å²) in [5.41, 5.74) is 0. The highest BCUT2D eigenvalue weighted by atomic mass is 32.2. The van der Waals surface area contributed by atoms with Gasteiger partial charge in [-0.1, -0.05) is 52.0 Å². The molecule has 0 atom stereocenters. The molecule has 0 N–H and O–H groups in total. The first-order valence-corrected chi connectivity index (χ1v) is 16.9. The lowest BCUT2D eigenvalue weighted by Gasteiger charge is -2.28. The summed E-state index contributed by atoms with van der Waals surface area (Å²) < 4.78 is 6.54. The fourth-order valence-electron chi connectivity index (χ4n) is 3.95. The smallest absolute Gasteiger partial charge is 0.131 e. The fourth-order valence-corrected chi connectivity index (χ4v) is 10.6. The molecule has 2 rings (SSSR count). The van der Waals surface area contributed by atoms with Crippen molar-refractivity contribution < 1.29 is 4.42 Å². The molecule has 1 aromatic heterocycles. The van der Waals surface area contributed by atoms with E-state index in [9.17, 15) is 0 Å². The standard InChI is InChI=1S/C19H37NOSSi2/c1-6-24(7-2,8-3)19-11-10-18(21-19)23(4,5)17-9-12-20-13-15-22-16-14-20/h10-11H,6-9,12-17H2,1-5H3. The molecule has 0 aromatic carbocycles. The molecule has 0 spiro atoms. The normalized spacial score (nSPS) is 17.4. The summed E-state index contributed by atoms with van der Waals surface area (Å²) in [6.45, 7) is 15.9. The van der Waals surface area contributed by atoms with Crippen molar-refractivity contribution in [3.8, 4) is 0 Å². The van der Waals surface area contributed by atoms with Gasteiger partial charge < -0.3 is 9.32 Å². The predicted octanol–water partition coefficient (Wildman–Crippen LogP) is 4.35. The highest BCUT2D eigenvalue weighted by molar-refractivity contribution is 7.99. The third-order valence-corrected chi connectivity index (χ3v) is 15.7. The monoisotopic (exact) mass is 383 g/mol. The molecular formula is C19H37NOSSi2. The first-order valence-electron chi connectivity index (χ1n) is 9.88. The molecule has 138 valence electrons. The number of hydrogen-bond donors (Lipinski definition) is 0. The zero-order valence-electron chi connectivity index (χ0n) is 16.5. The van der Waals surface area contributed by atoms with Crippen molar-refractivity contribution >= 4 is 38.7 Å². The first-order chi connectivity index (χ1) is 11.5. The van der Waals surface area contributed by atoms with Gasteiger partial charge >= 0.3 is 0 Å². The van der Waals surface area contributed by atoms with Gasteiger partial charge in [0.1, 0.15) is 16.1 Å². The Bertz CT molecular complexity index is 485. The van der Waals surface area contributed by atoms with E-state index in [1.54, 1.807) is 0 Å². The second kappa shape index (κ2) is 9.10. The van der Waals surface area contributed by atoms with Crippen LogP contribution in [0.3, 0.4) is 0 Å². The van der Waals surface area contributed by atoms with Gasteiger partial charge in [-0.25, -0.2) is 0 Å². The lowest BCUT2D eigenvalue weighted by Crippen LogP contribution is -2.47. The van der Waals surface area contributed by atoms with Crippen LogP contribution in [0, 0.1) is 0 Å². The van der Waals surface area contributed by atoms with Crippen LogP contribution in [0.1, 0.15) is 27.2 Å². The molecule has 1 aliphatic rings. The third-order valence-electron chi connectivity index (χ3n) is 6.21. The molecule has 0 saturated carbocycles. The summed E-state index contributed by atoms with van der Waals surface area (Å²) in [6.07, 6.45) is 1.33. The maximum atomic E-state index is 6.54. The zero-order valence-corrected chi connectivity index (χ0v) is 19.3. The van der Waals surface area contributed by atoms with Crippen molar-refractivity contribution in [1.29, 1.82) is 0 Å². The molecule has 0 aliphatic carbocycles. The molecular weight excluding hydrogens is 346 g/mol. The second-order valence-corrected chi connectivity index (χ2v) is 19.1. The minimum Gasteiger partial charge on any atom is -0.476 e. The van der Waals surface area contributed by atoms with Crippen molar-refractivity contribution in [2.45, 2.75) is 64.5 Å². The highest BCUT2D eigenvalue weighted by Crippen LogP contribution is 2.21. The maximum absolute atomic E-state index is 6.54. The van der Waals surface area contributed by atoms with Gasteiger partial charge in [0.15, 0.2) is 0 Å². The highest BCUT2D eigenvalue weighted by Gasteiger charge is 2.35. The molecule has 0 amide bonds. The average molecular weight is 384 g/mol. The Hall–Kier alpha value is 0.0238. The molecule has 0 unspecified atom stereocenters. The van der Waals surface area contributed by atoms with Gasteiger partial charge in [-0.3, -0.25) is 0 Å². The Morgan fingerprint density at radius 2 is 1.58 bits per heavy atom. The van der Waals surface area contributed by atoms with Crippen LogP contribution >= 0.6 is 11.8 Å². The first kappa shape index (κ1) is 20.3. The summed E-state index contributed by atoms with van der Waals surface area (Å²) in [7, 11) is -2.80. The predicted molar refractivity (Wildman–Crippen MR) is 116 cm³/mol. The molecule has 0 radical (unpaired) electrons. The van der Waals surface area contributed by atoms with Crippen LogP contribution < -0.4 is 10.8 Å². The summed E-state index contributed by atoms with van der Waals surface area (Å²) in [5, 5.41) is 2.72. The molecule has 1 aliphatic heterocycles. The molecule has 2 heterocycles. The molecule has 0 bridgehead atoms. The Kier molecular flexibility index (Phi) is 7.71. The number of thioether (sulfide) groups is 1. The Balaban J connectivity index is 1.96. The molecule has 24 heavy (non-hydrogen) atoms. The summed E-state index contributed by atoms with van der Waals surface area (Å²) in [4.78, 5) is 2.65. The van der Waals surface area contributed by atoms with Crippen LogP contribution in [0.2, 0.25) is 37.3 Å². The Morgan fingerprint density at radius 1 is 1.00 bits per heavy atom. The van der Waals surface area contributed by atoms with Gasteiger partial charge in [-0.2, -0.15) is 11.8 Å². The zero-order chi connectivity index (χ0) is 17.6. The van der Waals surface area contributed by atoms with Gasteiger partial charge in [-0.05, 0) is 31.1 Å². The van der Waals surface area contributed by atoms with E-state index in [1.165, 1.54) is 72.5 Å². The van der Waals surface area contributed by atoms with Crippen LogP contribution in [-0.2, 0) is 0 Å². The van der Waals surface area contributed by atoms with Gasteiger partial charge in [-0.15, -0.1) is 0 Å². The minimum atomic E-state index is -1.44. The van der Waals surface area contributed by atoms with Crippen LogP contribution in [0.15, 0.2) is 16.5 Å². The second-order valence-electron chi connectivity index (χ2n) is 7.95. The quantitative estimate of drug-likeness (QED) is 0.590. The minimum absolute atomic E-state index is 1.28. The molecule has 2 nitrogen and oxygen atoms in total. The summed E-state index contributed by atoms with van der Waals surface area (Å²) in [5.74, 6) is 2.64. The van der Waals surface area contributed by atoms with E-state index in [1.807, 2.05) is 0 Å². The maximum Gasteiger partial charge on any atom is 0.131 e. The number of nitrogens with zero attached hydrogens (tertiary/aromatic N) is 1. The van der Waals surface area contributed by atoms with Gasteiger partial charge in [0.05, 0.1) is 10.8 Å². The van der Waals surface area contributed by atoms with E-state index in [0.29, 0.717) is 0 Å². The van der Waals surface area contributed by atoms with E-state index in [0.717, 1.165) is 0 Å². The van der Waals surface area contributed by atoms with Crippen LogP contribution in [-0.4, -0.2) is 52.2 Å². The number of rotatable bonds is 9. The third kappa shape index (κ3) is 4.80. The fraction of sp³-hybridized carbons (Fsp3) is 0.789. The summed E-state index contributed by atoms with van der Waals surface area (Å²) >= 11 is 2.10. The van der Waals surface area contributed by atoms with Crippen molar-refractivity contribution in [2.24, 2.45) is 0 Å². The number of hydrogen-bond acceptors (Lipinski definition) is 3. The van der Waals surface area contributed by atoms with E-state index >= 15 is 0 Å².